The van der Waals surface area contributed by atoms with E-state index in [4.69, 9.17) is 9.47 Å². The van der Waals surface area contributed by atoms with Gasteiger partial charge in [0.15, 0.2) is 11.5 Å². The number of fused-ring (bicyclic) bond motifs is 1. The normalized spacial score (nSPS) is 14.3. The van der Waals surface area contributed by atoms with Gasteiger partial charge in [0, 0.05) is 11.6 Å². The fourth-order valence-corrected chi connectivity index (χ4v) is 1.81. The van der Waals surface area contributed by atoms with Crippen molar-refractivity contribution in [3.63, 3.8) is 0 Å². The lowest BCUT2D eigenvalue weighted by Crippen LogP contribution is -2.16. The maximum absolute atomic E-state index is 9.58. The smallest absolute Gasteiger partial charge is 0.168 e. The van der Waals surface area contributed by atoms with E-state index in [2.05, 4.69) is 15.9 Å². The molecule has 1 aliphatic rings. The molecule has 3 nitrogen and oxygen atoms in total. The Bertz CT molecular complexity index is 349. The summed E-state index contributed by atoms with van der Waals surface area (Å²) >= 11 is 3.24. The van der Waals surface area contributed by atoms with E-state index in [1.807, 2.05) is 0 Å². The van der Waals surface area contributed by atoms with Crippen LogP contribution in [0.5, 0.6) is 17.2 Å². The second-order valence-corrected chi connectivity index (χ2v) is 3.71. The van der Waals surface area contributed by atoms with Gasteiger partial charge < -0.3 is 14.6 Å². The van der Waals surface area contributed by atoms with Gasteiger partial charge in [0.25, 0.3) is 0 Å². The number of benzene rings is 1. The van der Waals surface area contributed by atoms with Crippen molar-refractivity contribution in [3.05, 3.63) is 16.1 Å². The highest BCUT2D eigenvalue weighted by Gasteiger charge is 2.18. The van der Waals surface area contributed by atoms with Crippen molar-refractivity contribution >= 4 is 15.9 Å². The standard InChI is InChI=1S/C9H9BrO3/c1-5-8(11)6(10)4-7-9(5)13-3-2-12-7/h4,11H,2-3H2,1H3. The van der Waals surface area contributed by atoms with Crippen LogP contribution in [-0.4, -0.2) is 18.3 Å². The van der Waals surface area contributed by atoms with Crippen LogP contribution in [0.2, 0.25) is 0 Å². The van der Waals surface area contributed by atoms with E-state index in [0.717, 1.165) is 0 Å². The average molecular weight is 245 g/mol. The predicted molar refractivity (Wildman–Crippen MR) is 51.5 cm³/mol. The monoisotopic (exact) mass is 244 g/mol. The molecule has 2 rings (SSSR count). The average Bonchev–Trinajstić information content (AvgIpc) is 2.15. The molecule has 1 aliphatic heterocycles. The Balaban J connectivity index is 2.60. The molecule has 0 unspecified atom stereocenters. The summed E-state index contributed by atoms with van der Waals surface area (Å²) in [5.74, 6) is 1.55. The van der Waals surface area contributed by atoms with Gasteiger partial charge in [-0.2, -0.15) is 0 Å². The third-order valence-electron chi connectivity index (χ3n) is 1.99. The molecule has 0 radical (unpaired) electrons. The number of phenolic OH excluding ortho intramolecular Hbond substituents is 1. The largest absolute Gasteiger partial charge is 0.506 e. The first-order valence-corrected chi connectivity index (χ1v) is 4.77. The number of rotatable bonds is 0. The van der Waals surface area contributed by atoms with Gasteiger partial charge in [0.1, 0.15) is 19.0 Å². The Morgan fingerprint density at radius 2 is 2.08 bits per heavy atom. The summed E-state index contributed by atoms with van der Waals surface area (Å²) < 4.78 is 11.4. The van der Waals surface area contributed by atoms with Crippen molar-refractivity contribution in [2.45, 2.75) is 6.92 Å². The van der Waals surface area contributed by atoms with Crippen molar-refractivity contribution in [2.75, 3.05) is 13.2 Å². The first-order chi connectivity index (χ1) is 6.20. The van der Waals surface area contributed by atoms with Crippen LogP contribution in [0.25, 0.3) is 0 Å². The molecule has 1 heterocycles. The van der Waals surface area contributed by atoms with E-state index >= 15 is 0 Å². The van der Waals surface area contributed by atoms with Gasteiger partial charge in [-0.3, -0.25) is 0 Å². The van der Waals surface area contributed by atoms with Crippen LogP contribution >= 0.6 is 15.9 Å². The summed E-state index contributed by atoms with van der Waals surface area (Å²) in [7, 11) is 0. The van der Waals surface area contributed by atoms with Crippen molar-refractivity contribution in [3.8, 4) is 17.2 Å². The fourth-order valence-electron chi connectivity index (χ4n) is 1.30. The summed E-state index contributed by atoms with van der Waals surface area (Å²) in [5, 5.41) is 9.58. The van der Waals surface area contributed by atoms with Crippen LogP contribution in [0.1, 0.15) is 5.56 Å². The molecule has 0 saturated heterocycles. The van der Waals surface area contributed by atoms with Gasteiger partial charge in [0.05, 0.1) is 4.47 Å². The van der Waals surface area contributed by atoms with E-state index in [9.17, 15) is 5.11 Å². The molecule has 0 fully saturated rings. The summed E-state index contributed by atoms with van der Waals surface area (Å²) in [6.07, 6.45) is 0. The first-order valence-electron chi connectivity index (χ1n) is 3.98. The molecule has 1 N–H and O–H groups in total. The van der Waals surface area contributed by atoms with Crippen LogP contribution in [0.15, 0.2) is 10.5 Å². The van der Waals surface area contributed by atoms with Crippen LogP contribution in [0, 0.1) is 6.92 Å². The molecule has 0 amide bonds. The first kappa shape index (κ1) is 8.69. The molecular weight excluding hydrogens is 236 g/mol. The Morgan fingerprint density at radius 1 is 1.38 bits per heavy atom. The number of hydrogen-bond donors (Lipinski definition) is 1. The zero-order valence-electron chi connectivity index (χ0n) is 7.13. The molecule has 0 atom stereocenters. The minimum Gasteiger partial charge on any atom is -0.506 e. The molecule has 1 aromatic carbocycles. The number of aromatic hydroxyl groups is 1. The quantitative estimate of drug-likeness (QED) is 0.761. The molecule has 13 heavy (non-hydrogen) atoms. The molecule has 0 saturated carbocycles. The van der Waals surface area contributed by atoms with Gasteiger partial charge in [-0.1, -0.05) is 0 Å². The van der Waals surface area contributed by atoms with Gasteiger partial charge in [-0.05, 0) is 22.9 Å². The highest BCUT2D eigenvalue weighted by Crippen LogP contribution is 2.42. The van der Waals surface area contributed by atoms with Gasteiger partial charge >= 0.3 is 0 Å². The van der Waals surface area contributed by atoms with Crippen molar-refractivity contribution in [1.82, 2.24) is 0 Å². The summed E-state index contributed by atoms with van der Waals surface area (Å²) in [6.45, 7) is 2.90. The number of halogens is 1. The predicted octanol–water partition coefficient (Wildman–Crippen LogP) is 2.23. The van der Waals surface area contributed by atoms with Crippen molar-refractivity contribution < 1.29 is 14.6 Å². The van der Waals surface area contributed by atoms with Gasteiger partial charge in [-0.25, -0.2) is 0 Å². The zero-order chi connectivity index (χ0) is 9.42. The SMILES string of the molecule is Cc1c(O)c(Br)cc2c1OCCO2. The zero-order valence-corrected chi connectivity index (χ0v) is 8.72. The highest BCUT2D eigenvalue weighted by atomic mass is 79.9. The third kappa shape index (κ3) is 1.35. The second kappa shape index (κ2) is 3.10. The lowest BCUT2D eigenvalue weighted by atomic mass is 10.2. The number of ether oxygens (including phenoxy) is 2. The highest BCUT2D eigenvalue weighted by molar-refractivity contribution is 9.10. The molecular formula is C9H9BrO3. The molecule has 4 heteroatoms. The fraction of sp³-hybridized carbons (Fsp3) is 0.333. The van der Waals surface area contributed by atoms with E-state index in [1.54, 1.807) is 13.0 Å². The lowest BCUT2D eigenvalue weighted by molar-refractivity contribution is 0.169. The molecule has 1 aromatic rings. The van der Waals surface area contributed by atoms with Gasteiger partial charge in [0.2, 0.25) is 0 Å². The molecule has 0 aliphatic carbocycles. The minimum atomic E-state index is 0.212. The second-order valence-electron chi connectivity index (χ2n) is 2.86. The maximum Gasteiger partial charge on any atom is 0.168 e. The number of phenols is 1. The maximum atomic E-state index is 9.58. The summed E-state index contributed by atoms with van der Waals surface area (Å²) in [4.78, 5) is 0. The Labute approximate surface area is 84.4 Å². The molecule has 70 valence electrons. The third-order valence-corrected chi connectivity index (χ3v) is 2.60. The number of hydrogen-bond acceptors (Lipinski definition) is 3. The van der Waals surface area contributed by atoms with Crippen molar-refractivity contribution in [1.29, 1.82) is 0 Å². The molecule has 0 bridgehead atoms. The van der Waals surface area contributed by atoms with Crippen LogP contribution < -0.4 is 9.47 Å². The van der Waals surface area contributed by atoms with E-state index in [-0.39, 0.29) is 5.75 Å². The molecule has 0 aromatic heterocycles. The van der Waals surface area contributed by atoms with Crippen LogP contribution in [-0.2, 0) is 0 Å². The van der Waals surface area contributed by atoms with E-state index < -0.39 is 0 Å². The lowest BCUT2D eigenvalue weighted by Gasteiger charge is -2.21. The van der Waals surface area contributed by atoms with E-state index in [0.29, 0.717) is 34.7 Å². The summed E-state index contributed by atoms with van der Waals surface area (Å²) in [6, 6.07) is 1.72. The Morgan fingerprint density at radius 3 is 2.85 bits per heavy atom. The topological polar surface area (TPSA) is 38.7 Å². The Hall–Kier alpha value is -0.900. The van der Waals surface area contributed by atoms with E-state index in [1.165, 1.54) is 0 Å². The Kier molecular flexibility index (Phi) is 2.07. The van der Waals surface area contributed by atoms with Gasteiger partial charge in [-0.15, -0.1) is 0 Å². The van der Waals surface area contributed by atoms with Crippen LogP contribution in [0.4, 0.5) is 0 Å². The molecule has 0 spiro atoms. The van der Waals surface area contributed by atoms with Crippen LogP contribution in [0.3, 0.4) is 0 Å². The van der Waals surface area contributed by atoms with Crippen molar-refractivity contribution in [2.24, 2.45) is 0 Å². The minimum absolute atomic E-state index is 0.212. The summed E-state index contributed by atoms with van der Waals surface area (Å²) in [5.41, 5.74) is 0.712.